The first-order valence-corrected chi connectivity index (χ1v) is 11.9. The Kier molecular flexibility index (Phi) is 9.33. The normalized spacial score (nSPS) is 13.3. The van der Waals surface area contributed by atoms with Gasteiger partial charge in [0.1, 0.15) is 11.5 Å². The lowest BCUT2D eigenvalue weighted by Crippen LogP contribution is -2.34. The van der Waals surface area contributed by atoms with Crippen LogP contribution in [0, 0.1) is 5.92 Å². The average molecular weight is 500 g/mol. The zero-order valence-corrected chi connectivity index (χ0v) is 19.7. The van der Waals surface area contributed by atoms with Gasteiger partial charge in [0.2, 0.25) is 10.0 Å². The van der Waals surface area contributed by atoms with Gasteiger partial charge in [0.15, 0.2) is 4.74 Å². The number of rotatable bonds is 11. The zero-order chi connectivity index (χ0) is 22.1. The lowest BCUT2D eigenvalue weighted by atomic mass is 10.1. The molecule has 8 heteroatoms. The highest BCUT2D eigenvalue weighted by Gasteiger charge is 2.25. The van der Waals surface area contributed by atoms with E-state index in [0.29, 0.717) is 17.9 Å². The van der Waals surface area contributed by atoms with Gasteiger partial charge in [-0.2, -0.15) is 8.70 Å². The van der Waals surface area contributed by atoms with E-state index in [2.05, 4.69) is 15.9 Å². The molecule has 0 spiro atoms. The first-order chi connectivity index (χ1) is 14.2. The molecule has 0 fully saturated rings. The number of benzene rings is 2. The molecule has 164 valence electrons. The summed E-state index contributed by atoms with van der Waals surface area (Å²) in [5.74, 6) is 1.12. The summed E-state index contributed by atoms with van der Waals surface area (Å²) in [6, 6.07) is 14.6. The third-order valence-electron chi connectivity index (χ3n) is 4.60. The van der Waals surface area contributed by atoms with Gasteiger partial charge in [-0.1, -0.05) is 31.2 Å². The van der Waals surface area contributed by atoms with Crippen molar-refractivity contribution in [2.45, 2.75) is 26.4 Å². The molecular formula is C22H27BrFNO4S. The third kappa shape index (κ3) is 7.74. The number of hydrogen-bond acceptors (Lipinski definition) is 4. The number of allylic oxidation sites excluding steroid dienone is 1. The van der Waals surface area contributed by atoms with Gasteiger partial charge in [0.25, 0.3) is 0 Å². The molecule has 1 unspecified atom stereocenters. The molecule has 0 heterocycles. The molecule has 2 rings (SSSR count). The van der Waals surface area contributed by atoms with Crippen LogP contribution in [0.5, 0.6) is 11.5 Å². The fourth-order valence-corrected chi connectivity index (χ4v) is 4.89. The van der Waals surface area contributed by atoms with Crippen molar-refractivity contribution in [2.75, 3.05) is 20.0 Å². The van der Waals surface area contributed by atoms with Crippen molar-refractivity contribution < 1.29 is 22.3 Å². The van der Waals surface area contributed by atoms with Gasteiger partial charge in [-0.25, -0.2) is 8.42 Å². The fraction of sp³-hybridized carbons (Fsp3) is 0.364. The Hall–Kier alpha value is -1.90. The quantitative estimate of drug-likeness (QED) is 0.422. The van der Waals surface area contributed by atoms with Crippen LogP contribution in [0.1, 0.15) is 24.5 Å². The number of ether oxygens (including phenoxy) is 2. The molecule has 0 saturated heterocycles. The maximum atomic E-state index is 13.2. The van der Waals surface area contributed by atoms with Crippen LogP contribution in [0.4, 0.5) is 4.39 Å². The summed E-state index contributed by atoms with van der Waals surface area (Å²) in [4.78, 5) is 0. The zero-order valence-electron chi connectivity index (χ0n) is 17.3. The van der Waals surface area contributed by atoms with Crippen molar-refractivity contribution in [1.82, 2.24) is 4.31 Å². The highest BCUT2D eigenvalue weighted by atomic mass is 79.9. The Labute approximate surface area is 186 Å². The summed E-state index contributed by atoms with van der Waals surface area (Å²) in [5.41, 5.74) is 1.71. The summed E-state index contributed by atoms with van der Waals surface area (Å²) in [5, 5.41) is 0. The first kappa shape index (κ1) is 24.4. The molecule has 2 aromatic carbocycles. The number of methoxy groups -OCH3 is 2. The maximum absolute atomic E-state index is 13.2. The van der Waals surface area contributed by atoms with E-state index in [4.69, 9.17) is 9.47 Å². The van der Waals surface area contributed by atoms with Crippen LogP contribution < -0.4 is 9.47 Å². The Morgan fingerprint density at radius 2 is 1.43 bits per heavy atom. The van der Waals surface area contributed by atoms with E-state index < -0.39 is 14.8 Å². The molecule has 30 heavy (non-hydrogen) atoms. The molecule has 0 aliphatic carbocycles. The molecule has 0 N–H and O–H groups in total. The van der Waals surface area contributed by atoms with Gasteiger partial charge in [0.05, 0.1) is 20.0 Å². The van der Waals surface area contributed by atoms with Crippen LogP contribution in [0.15, 0.2) is 59.3 Å². The highest BCUT2D eigenvalue weighted by molar-refractivity contribution is 9.11. The Balaban J connectivity index is 2.24. The lowest BCUT2D eigenvalue weighted by molar-refractivity contribution is 0.393. The van der Waals surface area contributed by atoms with E-state index in [1.165, 1.54) is 10.4 Å². The van der Waals surface area contributed by atoms with E-state index in [1.54, 1.807) is 45.4 Å². The summed E-state index contributed by atoms with van der Waals surface area (Å²) < 4.78 is 50.7. The first-order valence-electron chi connectivity index (χ1n) is 9.48. The van der Waals surface area contributed by atoms with E-state index >= 15 is 0 Å². The van der Waals surface area contributed by atoms with Crippen LogP contribution in [0.3, 0.4) is 0 Å². The molecule has 5 nitrogen and oxygen atoms in total. The van der Waals surface area contributed by atoms with Crippen molar-refractivity contribution in [3.8, 4) is 11.5 Å². The topological polar surface area (TPSA) is 55.8 Å². The summed E-state index contributed by atoms with van der Waals surface area (Å²) in [6.07, 6.45) is 1.67. The van der Waals surface area contributed by atoms with Gasteiger partial charge >= 0.3 is 0 Å². The minimum Gasteiger partial charge on any atom is -0.497 e. The lowest BCUT2D eigenvalue weighted by Gasteiger charge is -2.24. The van der Waals surface area contributed by atoms with Crippen molar-refractivity contribution >= 4 is 26.0 Å². The Morgan fingerprint density at radius 3 is 1.80 bits per heavy atom. The highest BCUT2D eigenvalue weighted by Crippen LogP contribution is 2.21. The summed E-state index contributed by atoms with van der Waals surface area (Å²) >= 11 is 2.74. The second-order valence-electron chi connectivity index (χ2n) is 7.08. The second-order valence-corrected chi connectivity index (χ2v) is 9.85. The predicted octanol–water partition coefficient (Wildman–Crippen LogP) is 5.27. The molecule has 0 aliphatic heterocycles. The van der Waals surface area contributed by atoms with Crippen molar-refractivity contribution in [2.24, 2.45) is 5.92 Å². The summed E-state index contributed by atoms with van der Waals surface area (Å²) in [6.45, 7) is 2.25. The fourth-order valence-electron chi connectivity index (χ4n) is 2.95. The van der Waals surface area contributed by atoms with E-state index in [0.717, 1.165) is 11.1 Å². The second kappa shape index (κ2) is 11.5. The van der Waals surface area contributed by atoms with E-state index in [-0.39, 0.29) is 24.8 Å². The van der Waals surface area contributed by atoms with Gasteiger partial charge in [-0.15, -0.1) is 0 Å². The maximum Gasteiger partial charge on any atom is 0.214 e. The summed E-state index contributed by atoms with van der Waals surface area (Å²) in [7, 11) is -0.425. The Bertz CT molecular complexity index is 877. The van der Waals surface area contributed by atoms with Gasteiger partial charge in [0, 0.05) is 13.1 Å². The molecule has 0 amide bonds. The van der Waals surface area contributed by atoms with Gasteiger partial charge in [-0.05, 0) is 69.7 Å². The number of halogens is 2. The molecule has 0 radical (unpaired) electrons. The smallest absolute Gasteiger partial charge is 0.214 e. The van der Waals surface area contributed by atoms with E-state index in [1.807, 2.05) is 24.3 Å². The Morgan fingerprint density at radius 1 is 1.00 bits per heavy atom. The molecule has 2 aromatic rings. The van der Waals surface area contributed by atoms with Crippen molar-refractivity contribution in [3.63, 3.8) is 0 Å². The largest absolute Gasteiger partial charge is 0.497 e. The molecule has 1 atom stereocenters. The minimum absolute atomic E-state index is 0.0733. The number of nitrogens with zero attached hydrogens (tertiary/aromatic N) is 1. The van der Waals surface area contributed by atoms with Gasteiger partial charge in [-0.3, -0.25) is 0 Å². The van der Waals surface area contributed by atoms with Crippen molar-refractivity contribution in [1.29, 1.82) is 0 Å². The monoisotopic (exact) mass is 499 g/mol. The standard InChI is InChI=1S/C22H27BrFNO4S/c1-17(4-13-22(23)24)16-30(26,27)25(14-18-5-9-20(28-2)10-6-18)15-19-7-11-21(29-3)12-8-19/h5-13,17H,4,14-16H2,1-3H3. The molecular weight excluding hydrogens is 473 g/mol. The predicted molar refractivity (Wildman–Crippen MR) is 121 cm³/mol. The van der Waals surface area contributed by atoms with E-state index in [9.17, 15) is 12.8 Å². The third-order valence-corrected chi connectivity index (χ3v) is 6.96. The van der Waals surface area contributed by atoms with Crippen LogP contribution in [-0.2, 0) is 23.1 Å². The van der Waals surface area contributed by atoms with Crippen LogP contribution in [0.25, 0.3) is 0 Å². The van der Waals surface area contributed by atoms with Crippen LogP contribution in [0.2, 0.25) is 0 Å². The molecule has 0 saturated carbocycles. The average Bonchev–Trinajstić information content (AvgIpc) is 2.72. The number of sulfonamides is 1. The minimum atomic E-state index is -3.59. The number of hydrogen-bond donors (Lipinski definition) is 0. The molecule has 0 aromatic heterocycles. The van der Waals surface area contributed by atoms with Gasteiger partial charge < -0.3 is 9.47 Å². The van der Waals surface area contributed by atoms with Crippen LogP contribution in [-0.4, -0.2) is 32.7 Å². The SMILES string of the molecule is COc1ccc(CN(Cc2ccc(OC)cc2)S(=O)(=O)CC(C)CC=C(F)Br)cc1. The van der Waals surface area contributed by atoms with Crippen molar-refractivity contribution in [3.05, 3.63) is 70.5 Å². The molecule has 0 aliphatic rings. The van der Waals surface area contributed by atoms with Crippen LogP contribution >= 0.6 is 15.9 Å². The molecule has 0 bridgehead atoms.